The van der Waals surface area contributed by atoms with E-state index in [2.05, 4.69) is 16.7 Å². The quantitative estimate of drug-likeness (QED) is 0.772. The Morgan fingerprint density at radius 3 is 2.40 bits per heavy atom. The summed E-state index contributed by atoms with van der Waals surface area (Å²) in [5, 5.41) is 0. The molecule has 0 radical (unpaired) electrons. The molecule has 0 aromatic rings. The fourth-order valence-electron chi connectivity index (χ4n) is 4.19. The van der Waals surface area contributed by atoms with E-state index in [1.54, 1.807) is 0 Å². The molecule has 0 unspecified atom stereocenters. The number of morpholine rings is 1. The van der Waals surface area contributed by atoms with Gasteiger partial charge in [-0.15, -0.1) is 0 Å². The van der Waals surface area contributed by atoms with Crippen LogP contribution in [0.5, 0.6) is 0 Å². The second-order valence-corrected chi connectivity index (χ2v) is 7.22. The Balaban J connectivity index is 1.46. The van der Waals surface area contributed by atoms with E-state index in [1.807, 2.05) is 0 Å². The van der Waals surface area contributed by atoms with Crippen molar-refractivity contribution in [2.24, 2.45) is 0 Å². The van der Waals surface area contributed by atoms with E-state index in [9.17, 15) is 4.79 Å². The third-order valence-electron chi connectivity index (χ3n) is 5.95. The van der Waals surface area contributed by atoms with Crippen LogP contribution in [0.4, 0.5) is 0 Å². The minimum Gasteiger partial charge on any atom is -0.357 e. The summed E-state index contributed by atoms with van der Waals surface area (Å²) in [6.07, 6.45) is 8.27. The van der Waals surface area contributed by atoms with E-state index in [0.717, 1.165) is 57.9 Å². The number of likely N-dealkylation sites (N-methyl/N-ethyl adjacent to an activating group) is 1. The van der Waals surface area contributed by atoms with Crippen molar-refractivity contribution in [3.63, 3.8) is 0 Å². The van der Waals surface area contributed by atoms with Crippen molar-refractivity contribution in [1.82, 2.24) is 9.80 Å². The zero-order chi connectivity index (χ0) is 13.8. The number of piperidine rings is 1. The van der Waals surface area contributed by atoms with Gasteiger partial charge in [-0.25, -0.2) is 0 Å². The lowest BCUT2D eigenvalue weighted by atomic mass is 9.84. The number of amides is 1. The van der Waals surface area contributed by atoms with Gasteiger partial charge in [0.15, 0.2) is 0 Å². The monoisotopic (exact) mass is 278 g/mol. The third kappa shape index (κ3) is 1.92. The van der Waals surface area contributed by atoms with E-state index in [0.29, 0.717) is 0 Å². The van der Waals surface area contributed by atoms with Crippen LogP contribution in [0.1, 0.15) is 51.9 Å². The molecule has 0 aromatic heterocycles. The topological polar surface area (TPSA) is 32.8 Å². The summed E-state index contributed by atoms with van der Waals surface area (Å²) in [6, 6.07) is 0.842. The predicted octanol–water partition coefficient (Wildman–Crippen LogP) is 1.78. The Morgan fingerprint density at radius 2 is 1.90 bits per heavy atom. The number of hydrogen-bond acceptors (Lipinski definition) is 3. The van der Waals surface area contributed by atoms with Gasteiger partial charge in [-0.2, -0.15) is 0 Å². The number of hydrogen-bond donors (Lipinski definition) is 0. The maximum atomic E-state index is 12.4. The largest absolute Gasteiger partial charge is 0.357 e. The van der Waals surface area contributed by atoms with Crippen LogP contribution in [0.15, 0.2) is 0 Å². The van der Waals surface area contributed by atoms with E-state index in [4.69, 9.17) is 4.74 Å². The van der Waals surface area contributed by atoms with Gasteiger partial charge in [0.2, 0.25) is 0 Å². The van der Waals surface area contributed by atoms with Crippen LogP contribution >= 0.6 is 0 Å². The molecule has 2 saturated carbocycles. The Morgan fingerprint density at radius 1 is 1.20 bits per heavy atom. The van der Waals surface area contributed by atoms with Crippen molar-refractivity contribution in [3.8, 4) is 0 Å². The highest BCUT2D eigenvalue weighted by Gasteiger charge is 2.61. The van der Waals surface area contributed by atoms with Gasteiger partial charge < -0.3 is 14.5 Å². The highest BCUT2D eigenvalue weighted by atomic mass is 16.5. The number of carbonyl (C=O) groups is 1. The average Bonchev–Trinajstić information content (AvgIpc) is 3.15. The molecule has 1 amide bonds. The summed E-state index contributed by atoms with van der Waals surface area (Å²) in [4.78, 5) is 17.1. The minimum absolute atomic E-state index is 0.0410. The first-order valence-electron chi connectivity index (χ1n) is 8.40. The van der Waals surface area contributed by atoms with Gasteiger partial charge in [0.05, 0.1) is 5.60 Å². The highest BCUT2D eigenvalue weighted by Crippen LogP contribution is 2.50. The lowest BCUT2D eigenvalue weighted by molar-refractivity contribution is -0.201. The van der Waals surface area contributed by atoms with Gasteiger partial charge in [-0.1, -0.05) is 6.42 Å². The normalized spacial score (nSPS) is 32.6. The first kappa shape index (κ1) is 13.1. The standard InChI is InChI=1S/C16H26N2O2/c1-2-17-12-15(20-16(6-7-16)14(17)19)8-10-18(11-9-15)13-4-3-5-13/h13H,2-12H2,1H3. The van der Waals surface area contributed by atoms with Crippen molar-refractivity contribution in [1.29, 1.82) is 0 Å². The Bertz CT molecular complexity index is 407. The molecule has 112 valence electrons. The van der Waals surface area contributed by atoms with E-state index < -0.39 is 5.60 Å². The summed E-state index contributed by atoms with van der Waals surface area (Å²) in [5.41, 5.74) is -0.451. The highest BCUT2D eigenvalue weighted by molar-refractivity contribution is 5.89. The molecule has 0 aromatic carbocycles. The van der Waals surface area contributed by atoms with Gasteiger partial charge in [0, 0.05) is 32.2 Å². The molecule has 4 heteroatoms. The van der Waals surface area contributed by atoms with Crippen LogP contribution in [-0.4, -0.2) is 59.1 Å². The first-order chi connectivity index (χ1) is 9.66. The summed E-state index contributed by atoms with van der Waals surface area (Å²) >= 11 is 0. The van der Waals surface area contributed by atoms with Crippen LogP contribution in [0.3, 0.4) is 0 Å². The van der Waals surface area contributed by atoms with Crippen LogP contribution in [0.2, 0.25) is 0 Å². The van der Waals surface area contributed by atoms with Gasteiger partial charge >= 0.3 is 0 Å². The molecule has 2 aliphatic heterocycles. The number of carbonyl (C=O) groups excluding carboxylic acids is 1. The number of rotatable bonds is 2. The van der Waals surface area contributed by atoms with Gasteiger partial charge in [-0.05, 0) is 45.4 Å². The third-order valence-corrected chi connectivity index (χ3v) is 5.95. The average molecular weight is 278 g/mol. The zero-order valence-electron chi connectivity index (χ0n) is 12.6. The van der Waals surface area contributed by atoms with E-state index in [1.165, 1.54) is 19.3 Å². The fourth-order valence-corrected chi connectivity index (χ4v) is 4.19. The van der Waals surface area contributed by atoms with Crippen LogP contribution < -0.4 is 0 Å². The molecule has 2 spiro atoms. The van der Waals surface area contributed by atoms with Gasteiger partial charge in [-0.3, -0.25) is 4.79 Å². The first-order valence-corrected chi connectivity index (χ1v) is 8.40. The van der Waals surface area contributed by atoms with Crippen LogP contribution in [0, 0.1) is 0 Å². The number of likely N-dealkylation sites (tertiary alicyclic amines) is 1. The van der Waals surface area contributed by atoms with Crippen molar-refractivity contribution in [2.75, 3.05) is 26.2 Å². The molecule has 4 rings (SSSR count). The molecule has 0 atom stereocenters. The van der Waals surface area contributed by atoms with Crippen molar-refractivity contribution >= 4 is 5.91 Å². The second-order valence-electron chi connectivity index (χ2n) is 7.22. The summed E-state index contributed by atoms with van der Waals surface area (Å²) in [5.74, 6) is 0.257. The molecule has 2 saturated heterocycles. The van der Waals surface area contributed by atoms with Crippen LogP contribution in [0.25, 0.3) is 0 Å². The second kappa shape index (κ2) is 4.44. The van der Waals surface area contributed by atoms with E-state index >= 15 is 0 Å². The maximum Gasteiger partial charge on any atom is 0.254 e. The number of ether oxygens (including phenoxy) is 1. The summed E-state index contributed by atoms with van der Waals surface area (Å²) in [6.45, 7) is 6.07. The van der Waals surface area contributed by atoms with Crippen molar-refractivity contribution in [3.05, 3.63) is 0 Å². The Kier molecular flexibility index (Phi) is 2.90. The summed E-state index contributed by atoms with van der Waals surface area (Å²) in [7, 11) is 0. The van der Waals surface area contributed by atoms with Gasteiger partial charge in [0.25, 0.3) is 5.91 Å². The molecular weight excluding hydrogens is 252 g/mol. The molecule has 4 fully saturated rings. The predicted molar refractivity (Wildman–Crippen MR) is 76.5 cm³/mol. The fraction of sp³-hybridized carbons (Fsp3) is 0.938. The molecule has 20 heavy (non-hydrogen) atoms. The molecule has 4 aliphatic rings. The smallest absolute Gasteiger partial charge is 0.254 e. The molecular formula is C16H26N2O2. The number of nitrogens with zero attached hydrogens (tertiary/aromatic N) is 2. The summed E-state index contributed by atoms with van der Waals surface area (Å²) < 4.78 is 6.42. The van der Waals surface area contributed by atoms with Crippen molar-refractivity contribution < 1.29 is 9.53 Å². The Hall–Kier alpha value is -0.610. The molecule has 2 heterocycles. The Labute approximate surface area is 121 Å². The SMILES string of the molecule is CCN1CC2(CCN(C3CCC3)CC2)OC2(CC2)C1=O. The van der Waals surface area contributed by atoms with E-state index in [-0.39, 0.29) is 11.5 Å². The van der Waals surface area contributed by atoms with Crippen molar-refractivity contribution in [2.45, 2.75) is 69.1 Å². The molecule has 0 N–H and O–H groups in total. The molecule has 4 nitrogen and oxygen atoms in total. The minimum atomic E-state index is -0.410. The lowest BCUT2D eigenvalue weighted by Crippen LogP contribution is -2.63. The molecule has 2 aliphatic carbocycles. The molecule has 0 bridgehead atoms. The lowest BCUT2D eigenvalue weighted by Gasteiger charge is -2.51. The zero-order valence-corrected chi connectivity index (χ0v) is 12.6. The maximum absolute atomic E-state index is 12.4. The van der Waals surface area contributed by atoms with Gasteiger partial charge in [0.1, 0.15) is 5.60 Å². The van der Waals surface area contributed by atoms with Crippen LogP contribution in [-0.2, 0) is 9.53 Å².